The van der Waals surface area contributed by atoms with Crippen LogP contribution in [-0.4, -0.2) is 29.6 Å². The van der Waals surface area contributed by atoms with E-state index in [1.807, 2.05) is 27.7 Å². The molecule has 17 heavy (non-hydrogen) atoms. The molecule has 0 saturated carbocycles. The molecule has 5 heteroatoms. The zero-order valence-electron chi connectivity index (χ0n) is 11.1. The number of hydrogen-bond donors (Lipinski definition) is 3. The number of hydrogen-bond acceptors (Lipinski definition) is 3. The Labute approximate surface area is 103 Å². The van der Waals surface area contributed by atoms with Crippen molar-refractivity contribution in [2.45, 2.75) is 46.6 Å². The summed E-state index contributed by atoms with van der Waals surface area (Å²) in [5.41, 5.74) is 5.53. The quantitative estimate of drug-likeness (QED) is 0.649. The van der Waals surface area contributed by atoms with Crippen LogP contribution in [0.2, 0.25) is 0 Å². The third-order valence-electron chi connectivity index (χ3n) is 2.69. The second-order valence-electron chi connectivity index (χ2n) is 5.63. The fourth-order valence-corrected chi connectivity index (χ4v) is 1.25. The first-order valence-corrected chi connectivity index (χ1v) is 5.89. The van der Waals surface area contributed by atoms with Crippen LogP contribution in [0.3, 0.4) is 0 Å². The van der Waals surface area contributed by atoms with Crippen molar-refractivity contribution in [2.75, 3.05) is 6.54 Å². The summed E-state index contributed by atoms with van der Waals surface area (Å²) in [4.78, 5) is 22.1. The number of carbonyl (C=O) groups excluding carboxylic acids is 1. The molecular formula is C12H24N2O3. The number of nitrogens with one attached hydrogen (secondary N) is 1. The molecule has 0 heterocycles. The maximum Gasteiger partial charge on any atom is 0.303 e. The van der Waals surface area contributed by atoms with Gasteiger partial charge in [0.15, 0.2) is 0 Å². The number of carboxylic acids is 1. The highest BCUT2D eigenvalue weighted by molar-refractivity contribution is 5.82. The standard InChI is InChI=1S/C12H24N2O3/c1-8(5-6-9(15)16)7-14-11(17)10(13)12(2,3)4/h8,10H,5-7,13H2,1-4H3,(H,14,17)(H,15,16)/t8?,10-/m0/s1. The predicted octanol–water partition coefficient (Wildman–Crippen LogP) is 0.977. The summed E-state index contributed by atoms with van der Waals surface area (Å²) >= 11 is 0. The fraction of sp³-hybridized carbons (Fsp3) is 0.833. The Hall–Kier alpha value is -1.10. The van der Waals surface area contributed by atoms with Crippen LogP contribution in [0.15, 0.2) is 0 Å². The molecule has 0 aromatic carbocycles. The SMILES string of the molecule is CC(CCC(=O)O)CNC(=O)[C@H](N)C(C)(C)C. The molecule has 0 fully saturated rings. The third kappa shape index (κ3) is 6.94. The zero-order valence-corrected chi connectivity index (χ0v) is 11.1. The Morgan fingerprint density at radius 3 is 2.29 bits per heavy atom. The molecule has 1 unspecified atom stereocenters. The highest BCUT2D eigenvalue weighted by Gasteiger charge is 2.27. The summed E-state index contributed by atoms with van der Waals surface area (Å²) in [6, 6.07) is -0.547. The number of aliphatic carboxylic acids is 1. The monoisotopic (exact) mass is 244 g/mol. The van der Waals surface area contributed by atoms with Crippen LogP contribution in [0.1, 0.15) is 40.5 Å². The van der Waals surface area contributed by atoms with Gasteiger partial charge < -0.3 is 16.2 Å². The number of carbonyl (C=O) groups is 2. The first kappa shape index (κ1) is 15.9. The smallest absolute Gasteiger partial charge is 0.303 e. The van der Waals surface area contributed by atoms with E-state index in [1.165, 1.54) is 0 Å². The van der Waals surface area contributed by atoms with Gasteiger partial charge in [-0.05, 0) is 17.8 Å². The lowest BCUT2D eigenvalue weighted by molar-refractivity contribution is -0.137. The first-order chi connectivity index (χ1) is 7.64. The van der Waals surface area contributed by atoms with Gasteiger partial charge in [-0.1, -0.05) is 27.7 Å². The molecule has 100 valence electrons. The van der Waals surface area contributed by atoms with E-state index in [1.54, 1.807) is 0 Å². The number of amides is 1. The van der Waals surface area contributed by atoms with E-state index in [9.17, 15) is 9.59 Å². The highest BCUT2D eigenvalue weighted by atomic mass is 16.4. The minimum Gasteiger partial charge on any atom is -0.481 e. The summed E-state index contributed by atoms with van der Waals surface area (Å²) in [5, 5.41) is 11.3. The molecule has 0 bridgehead atoms. The second-order valence-corrected chi connectivity index (χ2v) is 5.63. The Morgan fingerprint density at radius 2 is 1.88 bits per heavy atom. The maximum atomic E-state index is 11.7. The number of rotatable bonds is 6. The lowest BCUT2D eigenvalue weighted by Crippen LogP contribution is -2.49. The van der Waals surface area contributed by atoms with E-state index < -0.39 is 12.0 Å². The average molecular weight is 244 g/mol. The molecular weight excluding hydrogens is 220 g/mol. The summed E-state index contributed by atoms with van der Waals surface area (Å²) in [6.07, 6.45) is 0.683. The van der Waals surface area contributed by atoms with Gasteiger partial charge in [0.1, 0.15) is 0 Å². The van der Waals surface area contributed by atoms with Crippen molar-refractivity contribution in [3.8, 4) is 0 Å². The highest BCUT2D eigenvalue weighted by Crippen LogP contribution is 2.17. The Kier molecular flexibility index (Phi) is 6.16. The van der Waals surface area contributed by atoms with Crippen LogP contribution in [0.4, 0.5) is 0 Å². The van der Waals surface area contributed by atoms with E-state index >= 15 is 0 Å². The Morgan fingerprint density at radius 1 is 1.35 bits per heavy atom. The number of carboxylic acid groups (broad SMARTS) is 1. The average Bonchev–Trinajstić information content (AvgIpc) is 2.20. The van der Waals surface area contributed by atoms with Gasteiger partial charge in [-0.25, -0.2) is 0 Å². The molecule has 0 saturated heterocycles. The molecule has 0 aromatic rings. The maximum absolute atomic E-state index is 11.7. The fourth-order valence-electron chi connectivity index (χ4n) is 1.25. The summed E-state index contributed by atoms with van der Waals surface area (Å²) in [6.45, 7) is 8.10. The van der Waals surface area contributed by atoms with Crippen LogP contribution >= 0.6 is 0 Å². The number of nitrogens with two attached hydrogens (primary N) is 1. The molecule has 4 N–H and O–H groups in total. The molecule has 0 rings (SSSR count). The largest absolute Gasteiger partial charge is 0.481 e. The summed E-state index contributed by atoms with van der Waals surface area (Å²) in [5.74, 6) is -0.850. The van der Waals surface area contributed by atoms with Gasteiger partial charge in [-0.2, -0.15) is 0 Å². The normalized spacial score (nSPS) is 15.1. The van der Waals surface area contributed by atoms with Gasteiger partial charge >= 0.3 is 5.97 Å². The van der Waals surface area contributed by atoms with Gasteiger partial charge in [0.2, 0.25) is 5.91 Å². The minimum absolute atomic E-state index is 0.127. The molecule has 0 aliphatic carbocycles. The Bertz CT molecular complexity index is 271. The molecule has 0 aromatic heterocycles. The van der Waals surface area contributed by atoms with Gasteiger partial charge in [0.25, 0.3) is 0 Å². The van der Waals surface area contributed by atoms with Crippen LogP contribution in [0, 0.1) is 11.3 Å². The van der Waals surface area contributed by atoms with Gasteiger partial charge in [-0.3, -0.25) is 9.59 Å². The molecule has 1 amide bonds. The molecule has 0 spiro atoms. The van der Waals surface area contributed by atoms with Crippen LogP contribution in [0.25, 0.3) is 0 Å². The van der Waals surface area contributed by atoms with Crippen molar-refractivity contribution >= 4 is 11.9 Å². The summed E-state index contributed by atoms with van der Waals surface area (Å²) in [7, 11) is 0. The predicted molar refractivity (Wildman–Crippen MR) is 66.5 cm³/mol. The third-order valence-corrected chi connectivity index (χ3v) is 2.69. The first-order valence-electron chi connectivity index (χ1n) is 5.89. The lowest BCUT2D eigenvalue weighted by Gasteiger charge is -2.26. The van der Waals surface area contributed by atoms with Gasteiger partial charge in [0.05, 0.1) is 6.04 Å². The molecule has 0 aliphatic heterocycles. The van der Waals surface area contributed by atoms with Crippen molar-refractivity contribution < 1.29 is 14.7 Å². The zero-order chi connectivity index (χ0) is 13.6. The van der Waals surface area contributed by atoms with Crippen LogP contribution in [0.5, 0.6) is 0 Å². The second kappa shape index (κ2) is 6.59. The molecule has 0 radical (unpaired) electrons. The van der Waals surface area contributed by atoms with E-state index in [2.05, 4.69) is 5.32 Å². The summed E-state index contributed by atoms with van der Waals surface area (Å²) < 4.78 is 0. The molecule has 0 aliphatic rings. The molecule has 5 nitrogen and oxygen atoms in total. The minimum atomic E-state index is -0.811. The van der Waals surface area contributed by atoms with E-state index in [0.717, 1.165) is 0 Å². The van der Waals surface area contributed by atoms with Crippen molar-refractivity contribution in [1.29, 1.82) is 0 Å². The van der Waals surface area contributed by atoms with Crippen molar-refractivity contribution in [3.05, 3.63) is 0 Å². The lowest BCUT2D eigenvalue weighted by atomic mass is 9.87. The van der Waals surface area contributed by atoms with Crippen molar-refractivity contribution in [2.24, 2.45) is 17.1 Å². The van der Waals surface area contributed by atoms with Crippen molar-refractivity contribution in [3.63, 3.8) is 0 Å². The molecule has 2 atom stereocenters. The van der Waals surface area contributed by atoms with Crippen molar-refractivity contribution in [1.82, 2.24) is 5.32 Å². The van der Waals surface area contributed by atoms with Gasteiger partial charge in [0, 0.05) is 13.0 Å². The van der Waals surface area contributed by atoms with Gasteiger partial charge in [-0.15, -0.1) is 0 Å². The van der Waals surface area contributed by atoms with Crippen LogP contribution < -0.4 is 11.1 Å². The topological polar surface area (TPSA) is 92.4 Å². The van der Waals surface area contributed by atoms with E-state index in [4.69, 9.17) is 10.8 Å². The Balaban J connectivity index is 3.95. The van der Waals surface area contributed by atoms with E-state index in [0.29, 0.717) is 13.0 Å². The van der Waals surface area contributed by atoms with E-state index in [-0.39, 0.29) is 23.7 Å². The van der Waals surface area contributed by atoms with Crippen LogP contribution in [-0.2, 0) is 9.59 Å².